The minimum absolute atomic E-state index is 0.0198. The Morgan fingerprint density at radius 1 is 0.895 bits per heavy atom. The Balaban J connectivity index is 1.02. The summed E-state index contributed by atoms with van der Waals surface area (Å²) < 4.78 is 57.0. The van der Waals surface area contributed by atoms with Crippen molar-refractivity contribution >= 4 is 34.4 Å². The number of rotatable bonds is 13. The normalized spacial score (nSPS) is 19.2. The van der Waals surface area contributed by atoms with Crippen LogP contribution in [0.2, 0.25) is 5.02 Å². The fourth-order valence-corrected chi connectivity index (χ4v) is 8.40. The van der Waals surface area contributed by atoms with Crippen LogP contribution in [0, 0.1) is 0 Å². The van der Waals surface area contributed by atoms with Gasteiger partial charge in [-0.25, -0.2) is 4.98 Å². The number of fused-ring (bicyclic) bond motifs is 2. The van der Waals surface area contributed by atoms with E-state index in [1.54, 1.807) is 6.20 Å². The van der Waals surface area contributed by atoms with Gasteiger partial charge in [0.15, 0.2) is 0 Å². The number of carbonyl (C=O) groups excluding carboxylic acids is 2. The lowest BCUT2D eigenvalue weighted by Gasteiger charge is -2.21. The van der Waals surface area contributed by atoms with E-state index in [4.69, 9.17) is 26.1 Å². The van der Waals surface area contributed by atoms with Crippen molar-refractivity contribution in [1.82, 2.24) is 40.8 Å². The number of hydrogen-bond acceptors (Lipinski definition) is 9. The monoisotopic (exact) mass is 802 g/mol. The van der Waals surface area contributed by atoms with E-state index >= 15 is 0 Å². The predicted octanol–water partition coefficient (Wildman–Crippen LogP) is 6.18. The van der Waals surface area contributed by atoms with Crippen molar-refractivity contribution in [2.24, 2.45) is 7.05 Å². The summed E-state index contributed by atoms with van der Waals surface area (Å²) >= 11 is 7.13. The molecular formula is C41H42ClF3N8O4. The molecule has 5 aromatic rings. The van der Waals surface area contributed by atoms with Crippen LogP contribution in [-0.4, -0.2) is 63.6 Å². The SMILES string of the molecule is COc1nc(O[C@@H]2CCc3c(-c4nccc(-c5ccc6c(CNC[C@H]7CCC(=O)N7)cn(C)c6n5)c4Cl)cccc32)c(C(F)(F)F)cc1CNC[C@H]1CCC(=O)N1. The number of carbonyl (C=O) groups is 2. The summed E-state index contributed by atoms with van der Waals surface area (Å²) in [7, 11) is 3.30. The molecule has 1 aliphatic carbocycles. The standard InChI is InChI=1S/C41H42ClF3N8O4/c1-53-21-23(18-47-20-25-7-13-35(55)50-25)26-8-10-32(51-38(26)53)30-14-15-48-37(36(30)42)29-5-3-4-28-27(29)9-11-33(28)57-40-31(41(43,44)45)16-22(39(52-40)56-2)17-46-19-24-6-12-34(54)49-24/h3-5,8,10,14-16,21,24-25,33,46-47H,6-7,9,11-13,17-20H2,1-2H3,(H,49,54)(H,50,55)/t24-,25-,33-/m1/s1. The first-order valence-corrected chi connectivity index (χ1v) is 19.4. The Morgan fingerprint density at radius 3 is 2.28 bits per heavy atom. The molecule has 2 saturated heterocycles. The number of aromatic nitrogens is 4. The topological polar surface area (TPSA) is 144 Å². The number of halogens is 4. The largest absolute Gasteiger partial charge is 0.481 e. The average molecular weight is 803 g/mol. The maximum absolute atomic E-state index is 14.5. The van der Waals surface area contributed by atoms with E-state index in [2.05, 4.69) is 31.2 Å². The van der Waals surface area contributed by atoms with Crippen LogP contribution in [0.5, 0.6) is 11.8 Å². The maximum atomic E-state index is 14.5. The number of amides is 2. The summed E-state index contributed by atoms with van der Waals surface area (Å²) in [6.07, 6.45) is 1.69. The first-order valence-electron chi connectivity index (χ1n) is 19.0. The Kier molecular flexibility index (Phi) is 10.8. The predicted molar refractivity (Wildman–Crippen MR) is 208 cm³/mol. The van der Waals surface area contributed by atoms with E-state index in [1.165, 1.54) is 7.11 Å². The van der Waals surface area contributed by atoms with Gasteiger partial charge in [0.25, 0.3) is 0 Å². The highest BCUT2D eigenvalue weighted by Gasteiger charge is 2.39. The smallest absolute Gasteiger partial charge is 0.421 e. The second-order valence-corrected chi connectivity index (χ2v) is 15.1. The highest BCUT2D eigenvalue weighted by Crippen LogP contribution is 2.45. The van der Waals surface area contributed by atoms with Crippen molar-refractivity contribution in [3.8, 4) is 34.3 Å². The molecule has 6 heterocycles. The van der Waals surface area contributed by atoms with Crippen molar-refractivity contribution in [3.63, 3.8) is 0 Å². The van der Waals surface area contributed by atoms with Crippen molar-refractivity contribution in [1.29, 1.82) is 0 Å². The number of methoxy groups -OCH3 is 1. The third kappa shape index (κ3) is 8.00. The number of pyridine rings is 3. The first kappa shape index (κ1) is 38.6. The van der Waals surface area contributed by atoms with E-state index in [-0.39, 0.29) is 41.9 Å². The summed E-state index contributed by atoms with van der Waals surface area (Å²) in [5.41, 5.74) is 5.38. The molecule has 3 aliphatic rings. The molecule has 3 atom stereocenters. The number of benzene rings is 1. The molecule has 0 spiro atoms. The Hall–Kier alpha value is -5.25. The van der Waals surface area contributed by atoms with Crippen LogP contribution >= 0.6 is 11.6 Å². The minimum atomic E-state index is -4.74. The second kappa shape index (κ2) is 15.9. The lowest BCUT2D eigenvalue weighted by Crippen LogP contribution is -2.35. The molecule has 0 saturated carbocycles. The number of aryl methyl sites for hydroxylation is 1. The highest BCUT2D eigenvalue weighted by atomic mass is 35.5. The van der Waals surface area contributed by atoms with Gasteiger partial charge in [-0.3, -0.25) is 14.6 Å². The van der Waals surface area contributed by atoms with Gasteiger partial charge in [0.1, 0.15) is 17.3 Å². The molecule has 4 N–H and O–H groups in total. The number of alkyl halides is 3. The summed E-state index contributed by atoms with van der Waals surface area (Å²) in [6, 6.07) is 12.4. The van der Waals surface area contributed by atoms with Gasteiger partial charge in [-0.15, -0.1) is 0 Å². The quantitative estimate of drug-likeness (QED) is 0.110. The van der Waals surface area contributed by atoms with Crippen molar-refractivity contribution in [2.45, 2.75) is 76.0 Å². The van der Waals surface area contributed by atoms with E-state index < -0.39 is 23.7 Å². The minimum Gasteiger partial charge on any atom is -0.481 e. The van der Waals surface area contributed by atoms with E-state index in [0.29, 0.717) is 73.7 Å². The third-order valence-electron chi connectivity index (χ3n) is 10.9. The first-order chi connectivity index (χ1) is 27.5. The van der Waals surface area contributed by atoms with Gasteiger partial charge in [0.2, 0.25) is 23.6 Å². The molecule has 8 rings (SSSR count). The Labute approximate surface area is 331 Å². The summed E-state index contributed by atoms with van der Waals surface area (Å²) in [5.74, 6) is -0.487. The summed E-state index contributed by atoms with van der Waals surface area (Å²) in [5, 5.41) is 13.8. The molecule has 1 aromatic carbocycles. The fourth-order valence-electron chi connectivity index (χ4n) is 8.09. The van der Waals surface area contributed by atoms with Crippen molar-refractivity contribution in [2.75, 3.05) is 20.2 Å². The fraction of sp³-hybridized carbons (Fsp3) is 0.390. The molecule has 2 fully saturated rings. The maximum Gasteiger partial charge on any atom is 0.421 e. The molecule has 0 bridgehead atoms. The Bertz CT molecular complexity index is 2350. The molecule has 4 aromatic heterocycles. The van der Waals surface area contributed by atoms with Gasteiger partial charge in [-0.1, -0.05) is 29.8 Å². The molecular weight excluding hydrogens is 761 g/mol. The second-order valence-electron chi connectivity index (χ2n) is 14.7. The lowest BCUT2D eigenvalue weighted by molar-refractivity contribution is -0.139. The zero-order chi connectivity index (χ0) is 39.8. The van der Waals surface area contributed by atoms with Crippen LogP contribution in [-0.2, 0) is 42.3 Å². The van der Waals surface area contributed by atoms with Gasteiger partial charge in [-0.2, -0.15) is 18.2 Å². The van der Waals surface area contributed by atoms with Gasteiger partial charge in [-0.05, 0) is 66.6 Å². The van der Waals surface area contributed by atoms with E-state index in [9.17, 15) is 22.8 Å². The van der Waals surface area contributed by atoms with Crippen LogP contribution in [0.4, 0.5) is 13.2 Å². The molecule has 2 amide bonds. The zero-order valence-electron chi connectivity index (χ0n) is 31.4. The molecule has 16 heteroatoms. The Morgan fingerprint density at radius 2 is 1.61 bits per heavy atom. The third-order valence-corrected chi connectivity index (χ3v) is 11.3. The number of ether oxygens (including phenoxy) is 2. The highest BCUT2D eigenvalue weighted by molar-refractivity contribution is 6.35. The van der Waals surface area contributed by atoms with Gasteiger partial charge in [0, 0.05) is 92.6 Å². The van der Waals surface area contributed by atoms with Crippen LogP contribution in [0.1, 0.15) is 66.0 Å². The van der Waals surface area contributed by atoms with Crippen molar-refractivity contribution < 1.29 is 32.2 Å². The van der Waals surface area contributed by atoms with Crippen molar-refractivity contribution in [3.05, 3.63) is 87.7 Å². The molecule has 57 heavy (non-hydrogen) atoms. The van der Waals surface area contributed by atoms with Gasteiger partial charge >= 0.3 is 6.18 Å². The summed E-state index contributed by atoms with van der Waals surface area (Å²) in [4.78, 5) is 37.0. The van der Waals surface area contributed by atoms with Crippen LogP contribution in [0.25, 0.3) is 33.5 Å². The van der Waals surface area contributed by atoms with Gasteiger partial charge < -0.3 is 35.3 Å². The number of nitrogens with one attached hydrogen (secondary N) is 4. The molecule has 12 nitrogen and oxygen atoms in total. The average Bonchev–Trinajstić information content (AvgIpc) is 3.98. The molecule has 0 unspecified atom stereocenters. The molecule has 298 valence electrons. The molecule has 0 radical (unpaired) electrons. The van der Waals surface area contributed by atoms with Crippen LogP contribution in [0.15, 0.2) is 54.9 Å². The zero-order valence-corrected chi connectivity index (χ0v) is 32.2. The number of nitrogens with zero attached hydrogens (tertiary/aromatic N) is 4. The summed E-state index contributed by atoms with van der Waals surface area (Å²) in [6.45, 7) is 1.78. The van der Waals surface area contributed by atoms with Crippen LogP contribution < -0.4 is 30.7 Å². The lowest BCUT2D eigenvalue weighted by atomic mass is 9.98. The van der Waals surface area contributed by atoms with E-state index in [1.807, 2.05) is 54.2 Å². The molecule has 2 aliphatic heterocycles. The number of hydrogen-bond donors (Lipinski definition) is 4. The van der Waals surface area contributed by atoms with E-state index in [0.717, 1.165) is 45.8 Å². The van der Waals surface area contributed by atoms with Crippen LogP contribution in [0.3, 0.4) is 0 Å². The van der Waals surface area contributed by atoms with Gasteiger partial charge in [0.05, 0.1) is 23.5 Å².